The van der Waals surface area contributed by atoms with Crippen molar-refractivity contribution in [2.45, 2.75) is 20.0 Å². The lowest BCUT2D eigenvalue weighted by atomic mass is 10.2. The normalized spacial score (nSPS) is 10.7. The SMILES string of the molecule is CCNCc1cncn1Cc1ccccc1F. The number of imidazole rings is 1. The molecule has 0 radical (unpaired) electrons. The molecule has 0 fully saturated rings. The number of aromatic nitrogens is 2. The highest BCUT2D eigenvalue weighted by atomic mass is 19.1. The quantitative estimate of drug-likeness (QED) is 0.857. The van der Waals surface area contributed by atoms with E-state index in [2.05, 4.69) is 17.2 Å². The molecule has 1 aromatic carbocycles. The number of nitrogens with one attached hydrogen (secondary N) is 1. The highest BCUT2D eigenvalue weighted by molar-refractivity contribution is 5.18. The molecule has 1 aromatic heterocycles. The Morgan fingerprint density at radius 2 is 2.18 bits per heavy atom. The van der Waals surface area contributed by atoms with E-state index >= 15 is 0 Å². The summed E-state index contributed by atoms with van der Waals surface area (Å²) in [4.78, 5) is 4.10. The molecule has 0 aliphatic rings. The summed E-state index contributed by atoms with van der Waals surface area (Å²) in [6.07, 6.45) is 3.54. The number of halogens is 1. The minimum Gasteiger partial charge on any atom is -0.329 e. The van der Waals surface area contributed by atoms with Crippen molar-refractivity contribution in [1.82, 2.24) is 14.9 Å². The molecule has 2 aromatic rings. The van der Waals surface area contributed by atoms with Gasteiger partial charge in [-0.25, -0.2) is 9.37 Å². The number of hydrogen-bond donors (Lipinski definition) is 1. The summed E-state index contributed by atoms with van der Waals surface area (Å²) < 4.78 is 15.5. The lowest BCUT2D eigenvalue weighted by Crippen LogP contribution is -2.15. The van der Waals surface area contributed by atoms with Crippen molar-refractivity contribution in [1.29, 1.82) is 0 Å². The first-order valence-corrected chi connectivity index (χ1v) is 5.74. The van der Waals surface area contributed by atoms with Crippen LogP contribution in [0.1, 0.15) is 18.2 Å². The lowest BCUT2D eigenvalue weighted by molar-refractivity contribution is 0.589. The summed E-state index contributed by atoms with van der Waals surface area (Å²) in [5.41, 5.74) is 1.75. The lowest BCUT2D eigenvalue weighted by Gasteiger charge is -2.09. The number of hydrogen-bond acceptors (Lipinski definition) is 2. The molecule has 2 rings (SSSR count). The van der Waals surface area contributed by atoms with E-state index in [-0.39, 0.29) is 5.82 Å². The molecule has 1 N–H and O–H groups in total. The zero-order valence-corrected chi connectivity index (χ0v) is 9.86. The van der Waals surface area contributed by atoms with Crippen LogP contribution in [0.2, 0.25) is 0 Å². The molecule has 0 bridgehead atoms. The molecule has 0 saturated heterocycles. The molecule has 0 saturated carbocycles. The topological polar surface area (TPSA) is 29.9 Å². The minimum absolute atomic E-state index is 0.171. The van der Waals surface area contributed by atoms with Crippen molar-refractivity contribution >= 4 is 0 Å². The van der Waals surface area contributed by atoms with Gasteiger partial charge >= 0.3 is 0 Å². The Labute approximate surface area is 100 Å². The molecular weight excluding hydrogens is 217 g/mol. The van der Waals surface area contributed by atoms with E-state index in [1.54, 1.807) is 18.5 Å². The fourth-order valence-electron chi connectivity index (χ4n) is 1.70. The maximum atomic E-state index is 13.5. The highest BCUT2D eigenvalue weighted by Crippen LogP contribution is 2.10. The number of benzene rings is 1. The van der Waals surface area contributed by atoms with E-state index in [0.29, 0.717) is 12.1 Å². The van der Waals surface area contributed by atoms with Crippen molar-refractivity contribution in [2.75, 3.05) is 6.54 Å². The summed E-state index contributed by atoms with van der Waals surface area (Å²) >= 11 is 0. The Morgan fingerprint density at radius 1 is 1.35 bits per heavy atom. The molecule has 4 heteroatoms. The molecule has 1 heterocycles. The third-order valence-electron chi connectivity index (χ3n) is 2.65. The zero-order chi connectivity index (χ0) is 12.1. The maximum Gasteiger partial charge on any atom is 0.128 e. The van der Waals surface area contributed by atoms with E-state index in [1.165, 1.54) is 6.07 Å². The second-order valence-corrected chi connectivity index (χ2v) is 3.88. The van der Waals surface area contributed by atoms with E-state index in [9.17, 15) is 4.39 Å². The monoisotopic (exact) mass is 233 g/mol. The number of nitrogens with zero attached hydrogens (tertiary/aromatic N) is 2. The molecule has 0 aliphatic heterocycles. The molecule has 3 nitrogen and oxygen atoms in total. The second kappa shape index (κ2) is 5.59. The van der Waals surface area contributed by atoms with Crippen molar-refractivity contribution in [3.8, 4) is 0 Å². The molecule has 17 heavy (non-hydrogen) atoms. The molecule has 90 valence electrons. The average molecular weight is 233 g/mol. The van der Waals surface area contributed by atoms with Gasteiger partial charge in [-0.3, -0.25) is 0 Å². The first kappa shape index (κ1) is 11.8. The third-order valence-corrected chi connectivity index (χ3v) is 2.65. The Balaban J connectivity index is 2.13. The fraction of sp³-hybridized carbons (Fsp3) is 0.308. The Bertz CT molecular complexity index is 479. The summed E-state index contributed by atoms with van der Waals surface area (Å²) in [7, 11) is 0. The van der Waals surface area contributed by atoms with Gasteiger partial charge < -0.3 is 9.88 Å². The van der Waals surface area contributed by atoms with Crippen LogP contribution in [0.3, 0.4) is 0 Å². The van der Waals surface area contributed by atoms with Gasteiger partial charge in [0.15, 0.2) is 0 Å². The average Bonchev–Trinajstić information content (AvgIpc) is 2.77. The summed E-state index contributed by atoms with van der Waals surface area (Å²) in [6.45, 7) is 4.24. The second-order valence-electron chi connectivity index (χ2n) is 3.88. The summed E-state index contributed by atoms with van der Waals surface area (Å²) in [5.74, 6) is -0.171. The van der Waals surface area contributed by atoms with Crippen molar-refractivity contribution in [3.05, 3.63) is 53.9 Å². The molecule has 0 atom stereocenters. The first-order valence-electron chi connectivity index (χ1n) is 5.74. The fourth-order valence-corrected chi connectivity index (χ4v) is 1.70. The van der Waals surface area contributed by atoms with E-state index in [0.717, 1.165) is 18.8 Å². The van der Waals surface area contributed by atoms with Crippen LogP contribution in [0.5, 0.6) is 0 Å². The smallest absolute Gasteiger partial charge is 0.128 e. The van der Waals surface area contributed by atoms with Crippen molar-refractivity contribution in [3.63, 3.8) is 0 Å². The minimum atomic E-state index is -0.171. The number of rotatable bonds is 5. The van der Waals surface area contributed by atoms with Gasteiger partial charge in [0.25, 0.3) is 0 Å². The van der Waals surface area contributed by atoms with E-state index < -0.39 is 0 Å². The van der Waals surface area contributed by atoms with Crippen molar-refractivity contribution in [2.24, 2.45) is 0 Å². The van der Waals surface area contributed by atoms with Gasteiger partial charge in [0.1, 0.15) is 5.82 Å². The van der Waals surface area contributed by atoms with Gasteiger partial charge in [-0.15, -0.1) is 0 Å². The molecule has 0 amide bonds. The van der Waals surface area contributed by atoms with E-state index in [4.69, 9.17) is 0 Å². The van der Waals surface area contributed by atoms with Crippen LogP contribution < -0.4 is 5.32 Å². The van der Waals surface area contributed by atoms with Gasteiger partial charge in [0.2, 0.25) is 0 Å². The van der Waals surface area contributed by atoms with Crippen LogP contribution >= 0.6 is 0 Å². The standard InChI is InChI=1S/C13H16FN3/c1-2-15-7-12-8-16-10-17(12)9-11-5-3-4-6-13(11)14/h3-6,8,10,15H,2,7,9H2,1H3. The Hall–Kier alpha value is -1.68. The van der Waals surface area contributed by atoms with Crippen molar-refractivity contribution < 1.29 is 4.39 Å². The molecule has 0 aliphatic carbocycles. The van der Waals surface area contributed by atoms with Gasteiger partial charge in [-0.05, 0) is 12.6 Å². The summed E-state index contributed by atoms with van der Waals surface area (Å²) in [6, 6.07) is 6.83. The van der Waals surface area contributed by atoms with E-state index in [1.807, 2.05) is 16.8 Å². The Morgan fingerprint density at radius 3 is 2.94 bits per heavy atom. The van der Waals surface area contributed by atoms with Gasteiger partial charge in [0, 0.05) is 18.3 Å². The predicted octanol–water partition coefficient (Wildman–Crippen LogP) is 2.18. The maximum absolute atomic E-state index is 13.5. The van der Waals surface area contributed by atoms with Crippen LogP contribution in [-0.2, 0) is 13.1 Å². The molecular formula is C13H16FN3. The van der Waals surface area contributed by atoms with Gasteiger partial charge in [0.05, 0.1) is 18.6 Å². The Kier molecular flexibility index (Phi) is 3.88. The van der Waals surface area contributed by atoms with Crippen LogP contribution in [-0.4, -0.2) is 16.1 Å². The van der Waals surface area contributed by atoms with Crippen LogP contribution in [0.4, 0.5) is 4.39 Å². The van der Waals surface area contributed by atoms with Gasteiger partial charge in [-0.1, -0.05) is 25.1 Å². The molecule has 0 unspecified atom stereocenters. The summed E-state index contributed by atoms with van der Waals surface area (Å²) in [5, 5.41) is 3.24. The third kappa shape index (κ3) is 2.91. The zero-order valence-electron chi connectivity index (χ0n) is 9.86. The largest absolute Gasteiger partial charge is 0.329 e. The van der Waals surface area contributed by atoms with Gasteiger partial charge in [-0.2, -0.15) is 0 Å². The highest BCUT2D eigenvalue weighted by Gasteiger charge is 2.05. The van der Waals surface area contributed by atoms with Crippen LogP contribution in [0.15, 0.2) is 36.8 Å². The van der Waals surface area contributed by atoms with Crippen LogP contribution in [0, 0.1) is 5.82 Å². The molecule has 0 spiro atoms. The first-order chi connectivity index (χ1) is 8.31. The predicted molar refractivity (Wildman–Crippen MR) is 65.1 cm³/mol. The van der Waals surface area contributed by atoms with Crippen LogP contribution in [0.25, 0.3) is 0 Å².